The van der Waals surface area contributed by atoms with Crippen molar-refractivity contribution >= 4 is 50.5 Å². The summed E-state index contributed by atoms with van der Waals surface area (Å²) >= 11 is 12.1. The summed E-state index contributed by atoms with van der Waals surface area (Å²) in [5, 5.41) is 3.07. The highest BCUT2D eigenvalue weighted by atomic mass is 35.5. The van der Waals surface area contributed by atoms with Crippen molar-refractivity contribution in [2.75, 3.05) is 30.5 Å². The molecule has 26 heavy (non-hydrogen) atoms. The molecule has 0 spiro atoms. The molecule has 0 aliphatic heterocycles. The van der Waals surface area contributed by atoms with Gasteiger partial charge in [0.05, 0.1) is 41.8 Å². The predicted octanol–water partition coefficient (Wildman–Crippen LogP) is 3.63. The Bertz CT molecular complexity index is 948. The van der Waals surface area contributed by atoms with E-state index in [1.54, 1.807) is 0 Å². The standard InChI is InChI=1S/C16H16Cl2N2O5S/c1-24-14-8-13(15(25-2)7-12(14)18)19-16(21)10-5-4-9(6-11(10)17)20-26(3,22)23/h4-8,20H,1-3H3,(H,19,21). The first-order valence-corrected chi connectivity index (χ1v) is 9.79. The number of methoxy groups -OCH3 is 2. The van der Waals surface area contributed by atoms with Crippen molar-refractivity contribution in [3.8, 4) is 11.5 Å². The molecule has 0 aliphatic carbocycles. The van der Waals surface area contributed by atoms with E-state index in [2.05, 4.69) is 10.0 Å². The van der Waals surface area contributed by atoms with Crippen LogP contribution in [0.25, 0.3) is 0 Å². The van der Waals surface area contributed by atoms with Gasteiger partial charge < -0.3 is 14.8 Å². The summed E-state index contributed by atoms with van der Waals surface area (Å²) in [6, 6.07) is 7.22. The third-order valence-electron chi connectivity index (χ3n) is 3.24. The fraction of sp³-hybridized carbons (Fsp3) is 0.188. The smallest absolute Gasteiger partial charge is 0.257 e. The van der Waals surface area contributed by atoms with Crippen LogP contribution < -0.4 is 19.5 Å². The summed E-state index contributed by atoms with van der Waals surface area (Å²) in [5.41, 5.74) is 0.745. The Morgan fingerprint density at radius 2 is 1.65 bits per heavy atom. The molecule has 2 rings (SSSR count). The maximum atomic E-state index is 12.5. The van der Waals surface area contributed by atoms with Gasteiger partial charge in [-0.1, -0.05) is 23.2 Å². The molecule has 7 nitrogen and oxygen atoms in total. The molecule has 1 amide bonds. The number of anilines is 2. The van der Waals surface area contributed by atoms with E-state index in [0.717, 1.165) is 6.26 Å². The van der Waals surface area contributed by atoms with Crippen LogP contribution in [0.1, 0.15) is 10.4 Å². The number of benzene rings is 2. The van der Waals surface area contributed by atoms with Gasteiger partial charge in [-0.05, 0) is 18.2 Å². The molecular formula is C16H16Cl2N2O5S. The van der Waals surface area contributed by atoms with Gasteiger partial charge in [-0.3, -0.25) is 9.52 Å². The number of carbonyl (C=O) groups is 1. The molecule has 0 fully saturated rings. The summed E-state index contributed by atoms with van der Waals surface area (Å²) in [5.74, 6) is 0.195. The van der Waals surface area contributed by atoms with Crippen LogP contribution in [-0.4, -0.2) is 34.8 Å². The van der Waals surface area contributed by atoms with Crippen LogP contribution in [0.4, 0.5) is 11.4 Å². The van der Waals surface area contributed by atoms with Gasteiger partial charge >= 0.3 is 0 Å². The summed E-state index contributed by atoms with van der Waals surface area (Å²) in [4.78, 5) is 12.5. The van der Waals surface area contributed by atoms with Crippen molar-refractivity contribution in [3.05, 3.63) is 45.9 Å². The molecule has 0 saturated carbocycles. The molecule has 0 aliphatic rings. The van der Waals surface area contributed by atoms with Crippen molar-refractivity contribution in [1.29, 1.82) is 0 Å². The molecule has 2 aromatic rings. The van der Waals surface area contributed by atoms with Gasteiger partial charge in [-0.25, -0.2) is 8.42 Å². The van der Waals surface area contributed by atoms with Crippen molar-refractivity contribution in [2.24, 2.45) is 0 Å². The third kappa shape index (κ3) is 4.94. The van der Waals surface area contributed by atoms with E-state index in [-0.39, 0.29) is 16.3 Å². The van der Waals surface area contributed by atoms with Gasteiger partial charge in [0.2, 0.25) is 10.0 Å². The van der Waals surface area contributed by atoms with E-state index < -0.39 is 15.9 Å². The highest BCUT2D eigenvalue weighted by molar-refractivity contribution is 7.92. The van der Waals surface area contributed by atoms with Crippen LogP contribution in [0.3, 0.4) is 0 Å². The van der Waals surface area contributed by atoms with E-state index in [0.29, 0.717) is 22.2 Å². The van der Waals surface area contributed by atoms with Gasteiger partial charge in [0, 0.05) is 17.8 Å². The number of carbonyl (C=O) groups excluding carboxylic acids is 1. The number of rotatable bonds is 6. The molecule has 0 radical (unpaired) electrons. The second kappa shape index (κ2) is 8.03. The summed E-state index contributed by atoms with van der Waals surface area (Å²) in [6.45, 7) is 0. The first-order valence-electron chi connectivity index (χ1n) is 7.15. The number of sulfonamides is 1. The lowest BCUT2D eigenvalue weighted by atomic mass is 10.2. The lowest BCUT2D eigenvalue weighted by molar-refractivity contribution is 0.102. The molecule has 0 aromatic heterocycles. The SMILES string of the molecule is COc1cc(NC(=O)c2ccc(NS(C)(=O)=O)cc2Cl)c(OC)cc1Cl. The Morgan fingerprint density at radius 3 is 2.19 bits per heavy atom. The number of hydrogen-bond acceptors (Lipinski definition) is 5. The molecule has 0 atom stereocenters. The maximum absolute atomic E-state index is 12.5. The highest BCUT2D eigenvalue weighted by Gasteiger charge is 2.16. The Morgan fingerprint density at radius 1 is 1.00 bits per heavy atom. The number of ether oxygens (including phenoxy) is 2. The minimum atomic E-state index is -3.45. The van der Waals surface area contributed by atoms with Crippen LogP contribution >= 0.6 is 23.2 Å². The van der Waals surface area contributed by atoms with Crippen molar-refractivity contribution in [2.45, 2.75) is 0 Å². The largest absolute Gasteiger partial charge is 0.495 e. The maximum Gasteiger partial charge on any atom is 0.257 e. The summed E-state index contributed by atoms with van der Waals surface area (Å²) < 4.78 is 35.1. The molecule has 2 aromatic carbocycles. The zero-order valence-electron chi connectivity index (χ0n) is 14.1. The van der Waals surface area contributed by atoms with Crippen molar-refractivity contribution < 1.29 is 22.7 Å². The average molecular weight is 419 g/mol. The lowest BCUT2D eigenvalue weighted by Gasteiger charge is -2.14. The minimum absolute atomic E-state index is 0.0797. The fourth-order valence-electron chi connectivity index (χ4n) is 2.12. The molecule has 140 valence electrons. The third-order valence-corrected chi connectivity index (χ3v) is 4.45. The van der Waals surface area contributed by atoms with E-state index >= 15 is 0 Å². The zero-order valence-corrected chi connectivity index (χ0v) is 16.4. The predicted molar refractivity (Wildman–Crippen MR) is 102 cm³/mol. The fourth-order valence-corrected chi connectivity index (χ4v) is 3.18. The summed E-state index contributed by atoms with van der Waals surface area (Å²) in [6.07, 6.45) is 1.02. The molecular weight excluding hydrogens is 403 g/mol. The topological polar surface area (TPSA) is 93.7 Å². The zero-order chi connectivity index (χ0) is 19.5. The Kier molecular flexibility index (Phi) is 6.22. The molecule has 2 N–H and O–H groups in total. The van der Waals surface area contributed by atoms with Crippen LogP contribution in [0.2, 0.25) is 10.0 Å². The van der Waals surface area contributed by atoms with Gasteiger partial charge in [0.15, 0.2) is 0 Å². The minimum Gasteiger partial charge on any atom is -0.495 e. The quantitative estimate of drug-likeness (QED) is 0.746. The number of halogens is 2. The number of nitrogens with one attached hydrogen (secondary N) is 2. The molecule has 0 unspecified atom stereocenters. The Hall–Kier alpha value is -2.16. The summed E-state index contributed by atoms with van der Waals surface area (Å²) in [7, 11) is -0.563. The Balaban J connectivity index is 2.30. The lowest BCUT2D eigenvalue weighted by Crippen LogP contribution is -2.14. The second-order valence-electron chi connectivity index (χ2n) is 5.21. The monoisotopic (exact) mass is 418 g/mol. The van der Waals surface area contributed by atoms with Gasteiger partial charge in [0.25, 0.3) is 5.91 Å². The Labute approximate surface area is 161 Å². The molecule has 0 heterocycles. The highest BCUT2D eigenvalue weighted by Crippen LogP contribution is 2.36. The molecule has 0 saturated heterocycles. The van der Waals surface area contributed by atoms with Crippen LogP contribution in [0, 0.1) is 0 Å². The van der Waals surface area contributed by atoms with E-state index in [1.807, 2.05) is 0 Å². The first-order chi connectivity index (χ1) is 12.1. The van der Waals surface area contributed by atoms with E-state index in [4.69, 9.17) is 32.7 Å². The number of hydrogen-bond donors (Lipinski definition) is 2. The normalized spacial score (nSPS) is 11.0. The first kappa shape index (κ1) is 20.2. The van der Waals surface area contributed by atoms with Gasteiger partial charge in [-0.15, -0.1) is 0 Å². The van der Waals surface area contributed by atoms with Crippen molar-refractivity contribution in [1.82, 2.24) is 0 Å². The van der Waals surface area contributed by atoms with E-state index in [1.165, 1.54) is 44.6 Å². The van der Waals surface area contributed by atoms with Crippen molar-refractivity contribution in [3.63, 3.8) is 0 Å². The van der Waals surface area contributed by atoms with Crippen LogP contribution in [0.15, 0.2) is 30.3 Å². The number of amides is 1. The second-order valence-corrected chi connectivity index (χ2v) is 7.77. The molecule has 10 heteroatoms. The van der Waals surface area contributed by atoms with E-state index in [9.17, 15) is 13.2 Å². The average Bonchev–Trinajstić information content (AvgIpc) is 2.54. The van der Waals surface area contributed by atoms with Gasteiger partial charge in [-0.2, -0.15) is 0 Å². The van der Waals surface area contributed by atoms with Crippen LogP contribution in [0.5, 0.6) is 11.5 Å². The van der Waals surface area contributed by atoms with Gasteiger partial charge in [0.1, 0.15) is 11.5 Å². The molecule has 0 bridgehead atoms. The van der Waals surface area contributed by atoms with Crippen LogP contribution in [-0.2, 0) is 10.0 Å².